The van der Waals surface area contributed by atoms with E-state index in [0.29, 0.717) is 12.8 Å². The third kappa shape index (κ3) is 7.64. The smallest absolute Gasteiger partial charge is 0.303 e. The first kappa shape index (κ1) is 32.5. The summed E-state index contributed by atoms with van der Waals surface area (Å²) in [7, 11) is 0. The number of phenolic OH excluding ortho intramolecular Hbond substituents is 2. The Labute approximate surface area is 245 Å². The fourth-order valence-corrected chi connectivity index (χ4v) is 6.26. The summed E-state index contributed by atoms with van der Waals surface area (Å²) in [5.74, 6) is -1.41. The average molecular weight is 567 g/mol. The van der Waals surface area contributed by atoms with Gasteiger partial charge >= 0.3 is 11.9 Å². The van der Waals surface area contributed by atoms with E-state index in [1.54, 1.807) is 0 Å². The van der Waals surface area contributed by atoms with Crippen LogP contribution in [0.5, 0.6) is 11.5 Å². The van der Waals surface area contributed by atoms with E-state index in [-0.39, 0.29) is 47.0 Å². The maximum absolute atomic E-state index is 12.0. The molecule has 1 saturated carbocycles. The molecule has 1 aliphatic rings. The van der Waals surface area contributed by atoms with Gasteiger partial charge in [0, 0.05) is 41.0 Å². The summed E-state index contributed by atoms with van der Waals surface area (Å²) in [6, 6.07) is 7.83. The van der Waals surface area contributed by atoms with Gasteiger partial charge in [0.05, 0.1) is 0 Å². The zero-order valence-corrected chi connectivity index (χ0v) is 25.8. The van der Waals surface area contributed by atoms with Gasteiger partial charge in [0.25, 0.3) is 0 Å². The summed E-state index contributed by atoms with van der Waals surface area (Å²) in [5, 5.41) is 42.8. The van der Waals surface area contributed by atoms with Gasteiger partial charge in [-0.2, -0.15) is 0 Å². The highest BCUT2D eigenvalue weighted by molar-refractivity contribution is 5.68. The second-order valence-electron chi connectivity index (χ2n) is 13.3. The molecule has 0 atom stereocenters. The van der Waals surface area contributed by atoms with Gasteiger partial charge in [0.2, 0.25) is 0 Å². The molecule has 1 aliphatic carbocycles. The molecule has 0 bridgehead atoms. The van der Waals surface area contributed by atoms with Crippen molar-refractivity contribution in [1.29, 1.82) is 0 Å². The summed E-state index contributed by atoms with van der Waals surface area (Å²) in [4.78, 5) is 23.0. The van der Waals surface area contributed by atoms with Crippen molar-refractivity contribution in [2.45, 2.75) is 129 Å². The van der Waals surface area contributed by atoms with E-state index in [1.807, 2.05) is 24.3 Å². The Bertz CT molecular complexity index is 1150. The third-order valence-corrected chi connectivity index (χ3v) is 9.67. The molecule has 2 aromatic rings. The molecule has 41 heavy (non-hydrogen) atoms. The van der Waals surface area contributed by atoms with Crippen LogP contribution in [0.1, 0.15) is 139 Å². The average Bonchev–Trinajstić information content (AvgIpc) is 2.93. The van der Waals surface area contributed by atoms with E-state index in [0.717, 1.165) is 78.3 Å². The van der Waals surface area contributed by atoms with Crippen molar-refractivity contribution in [2.75, 3.05) is 0 Å². The lowest BCUT2D eigenvalue weighted by molar-refractivity contribution is -0.138. The van der Waals surface area contributed by atoms with Gasteiger partial charge in [-0.05, 0) is 66.4 Å². The number of aromatic hydroxyl groups is 2. The number of hydrogen-bond donors (Lipinski definition) is 4. The summed E-state index contributed by atoms with van der Waals surface area (Å²) in [6.45, 7) is 12.5. The molecule has 2 aromatic carbocycles. The minimum absolute atomic E-state index is 0.00490. The van der Waals surface area contributed by atoms with Crippen molar-refractivity contribution >= 4 is 11.9 Å². The Morgan fingerprint density at radius 3 is 1.46 bits per heavy atom. The predicted octanol–water partition coefficient (Wildman–Crippen LogP) is 8.22. The van der Waals surface area contributed by atoms with Crippen LogP contribution in [0.3, 0.4) is 0 Å². The number of phenols is 2. The first-order valence-electron chi connectivity index (χ1n) is 15.4. The van der Waals surface area contributed by atoms with Gasteiger partial charge in [0.15, 0.2) is 0 Å². The Kier molecular flexibility index (Phi) is 10.5. The van der Waals surface area contributed by atoms with Crippen LogP contribution in [0.4, 0.5) is 0 Å². The number of rotatable bonds is 13. The molecule has 4 N–H and O–H groups in total. The molecule has 226 valence electrons. The van der Waals surface area contributed by atoms with Crippen LogP contribution >= 0.6 is 0 Å². The van der Waals surface area contributed by atoms with Gasteiger partial charge < -0.3 is 20.4 Å². The summed E-state index contributed by atoms with van der Waals surface area (Å²) in [5.41, 5.74) is 4.14. The largest absolute Gasteiger partial charge is 0.507 e. The minimum Gasteiger partial charge on any atom is -0.507 e. The fraction of sp³-hybridized carbons (Fsp3) is 0.600. The zero-order chi connectivity index (χ0) is 30.5. The highest BCUT2D eigenvalue weighted by Gasteiger charge is 2.36. The van der Waals surface area contributed by atoms with Crippen LogP contribution in [-0.2, 0) is 33.3 Å². The normalized spacial score (nSPS) is 14.9. The number of carboxylic acid groups (broad SMARTS) is 2. The number of carboxylic acids is 2. The second-order valence-corrected chi connectivity index (χ2v) is 13.3. The van der Waals surface area contributed by atoms with Crippen LogP contribution < -0.4 is 0 Å². The highest BCUT2D eigenvalue weighted by Crippen LogP contribution is 2.51. The van der Waals surface area contributed by atoms with Gasteiger partial charge in [-0.1, -0.05) is 85.1 Å². The van der Waals surface area contributed by atoms with Crippen molar-refractivity contribution < 1.29 is 30.0 Å². The van der Waals surface area contributed by atoms with Crippen LogP contribution in [0.15, 0.2) is 24.3 Å². The molecular weight excluding hydrogens is 516 g/mol. The predicted molar refractivity (Wildman–Crippen MR) is 163 cm³/mol. The Hall–Kier alpha value is -3.02. The standard InChI is InChI=1S/C35H50O6/c1-7-34(3,4)27-20-22(14-16-29(36)37)18-25(32(27)40)31(24-12-10-9-11-13-24)26-19-23(15-17-30(38)39)21-28(33(26)41)35(5,6)8-2/h18-21,24,31,40-41H,7-17H2,1-6H3,(H,36,37)(H,38,39). The first-order valence-corrected chi connectivity index (χ1v) is 15.4. The van der Waals surface area contributed by atoms with E-state index in [9.17, 15) is 30.0 Å². The maximum Gasteiger partial charge on any atom is 0.303 e. The Morgan fingerprint density at radius 1 is 0.732 bits per heavy atom. The van der Waals surface area contributed by atoms with Gasteiger partial charge in [-0.25, -0.2) is 0 Å². The van der Waals surface area contributed by atoms with Crippen LogP contribution in [0.2, 0.25) is 0 Å². The second kappa shape index (κ2) is 13.3. The fourth-order valence-electron chi connectivity index (χ4n) is 6.26. The van der Waals surface area contributed by atoms with Gasteiger partial charge in [-0.15, -0.1) is 0 Å². The van der Waals surface area contributed by atoms with Crippen LogP contribution in [0.25, 0.3) is 0 Å². The molecule has 0 heterocycles. The lowest BCUT2D eigenvalue weighted by Crippen LogP contribution is -2.23. The summed E-state index contributed by atoms with van der Waals surface area (Å²) >= 11 is 0. The summed E-state index contributed by atoms with van der Waals surface area (Å²) < 4.78 is 0. The third-order valence-electron chi connectivity index (χ3n) is 9.67. The van der Waals surface area contributed by atoms with E-state index in [1.165, 1.54) is 0 Å². The van der Waals surface area contributed by atoms with Gasteiger partial charge in [-0.3, -0.25) is 9.59 Å². The first-order chi connectivity index (χ1) is 19.2. The van der Waals surface area contributed by atoms with E-state index < -0.39 is 11.9 Å². The molecule has 0 saturated heterocycles. The Morgan fingerprint density at radius 2 is 1.12 bits per heavy atom. The van der Waals surface area contributed by atoms with Gasteiger partial charge in [0.1, 0.15) is 11.5 Å². The topological polar surface area (TPSA) is 115 Å². The molecular formula is C35H50O6. The molecule has 0 spiro atoms. The molecule has 6 nitrogen and oxygen atoms in total. The van der Waals surface area contributed by atoms with Crippen molar-refractivity contribution in [1.82, 2.24) is 0 Å². The Balaban J connectivity index is 2.37. The molecule has 0 unspecified atom stereocenters. The van der Waals surface area contributed by atoms with E-state index in [4.69, 9.17) is 0 Å². The number of aryl methyl sites for hydroxylation is 2. The van der Waals surface area contributed by atoms with Crippen molar-refractivity contribution in [3.05, 3.63) is 57.6 Å². The lowest BCUT2D eigenvalue weighted by Gasteiger charge is -2.36. The SMILES string of the molecule is CCC(C)(C)c1cc(CCC(=O)O)cc(C(c2cc(CCC(=O)O)cc(C(C)(C)CC)c2O)C2CCCCC2)c1O. The van der Waals surface area contributed by atoms with Crippen molar-refractivity contribution in [2.24, 2.45) is 5.92 Å². The monoisotopic (exact) mass is 566 g/mol. The highest BCUT2D eigenvalue weighted by atomic mass is 16.4. The number of benzene rings is 2. The molecule has 3 rings (SSSR count). The molecule has 1 fully saturated rings. The quantitative estimate of drug-likeness (QED) is 0.194. The van der Waals surface area contributed by atoms with E-state index in [2.05, 4.69) is 41.5 Å². The van der Waals surface area contributed by atoms with Crippen LogP contribution in [-0.4, -0.2) is 32.4 Å². The van der Waals surface area contributed by atoms with Crippen LogP contribution in [0, 0.1) is 5.92 Å². The molecule has 6 heteroatoms. The molecule has 0 radical (unpaired) electrons. The molecule has 0 aromatic heterocycles. The number of carbonyl (C=O) groups is 2. The minimum atomic E-state index is -0.866. The number of hydrogen-bond acceptors (Lipinski definition) is 4. The van der Waals surface area contributed by atoms with Crippen molar-refractivity contribution in [3.8, 4) is 11.5 Å². The van der Waals surface area contributed by atoms with E-state index >= 15 is 0 Å². The zero-order valence-electron chi connectivity index (χ0n) is 25.8. The lowest BCUT2D eigenvalue weighted by atomic mass is 9.69. The number of aliphatic carboxylic acids is 2. The van der Waals surface area contributed by atoms with Crippen molar-refractivity contribution in [3.63, 3.8) is 0 Å². The maximum atomic E-state index is 12.0. The molecule has 0 amide bonds. The summed E-state index contributed by atoms with van der Waals surface area (Å²) in [6.07, 6.45) is 7.49. The molecule has 0 aliphatic heterocycles.